The Bertz CT molecular complexity index is 807. The van der Waals surface area contributed by atoms with Crippen molar-refractivity contribution < 1.29 is 9.47 Å². The number of morpholine rings is 1. The zero-order chi connectivity index (χ0) is 19.8. The van der Waals surface area contributed by atoms with Gasteiger partial charge in [-0.05, 0) is 31.7 Å². The summed E-state index contributed by atoms with van der Waals surface area (Å²) in [4.78, 5) is 11.2. The van der Waals surface area contributed by atoms with Gasteiger partial charge in [0.15, 0.2) is 0 Å². The summed E-state index contributed by atoms with van der Waals surface area (Å²) in [6, 6.07) is 7.52. The summed E-state index contributed by atoms with van der Waals surface area (Å²) in [6.07, 6.45) is 1.64. The van der Waals surface area contributed by atoms with Crippen molar-refractivity contribution in [2.75, 3.05) is 62.6 Å². The first-order chi connectivity index (χ1) is 13.7. The van der Waals surface area contributed by atoms with Crippen molar-refractivity contribution in [2.24, 2.45) is 5.10 Å². The van der Waals surface area contributed by atoms with Crippen LogP contribution in [0.2, 0.25) is 0 Å². The van der Waals surface area contributed by atoms with E-state index in [4.69, 9.17) is 15.2 Å². The van der Waals surface area contributed by atoms with Crippen LogP contribution in [0.1, 0.15) is 11.3 Å². The van der Waals surface area contributed by atoms with Gasteiger partial charge in [-0.1, -0.05) is 6.07 Å². The van der Waals surface area contributed by atoms with E-state index in [0.29, 0.717) is 43.0 Å². The number of nitrogen functional groups attached to an aromatic ring is 1. The Morgan fingerprint density at radius 1 is 1.29 bits per heavy atom. The van der Waals surface area contributed by atoms with Gasteiger partial charge in [-0.3, -0.25) is 5.43 Å². The maximum atomic E-state index is 5.98. The molecule has 0 unspecified atom stereocenters. The topological polar surface area (TPSA) is 110 Å². The van der Waals surface area contributed by atoms with E-state index in [9.17, 15) is 0 Å². The van der Waals surface area contributed by atoms with Crippen molar-refractivity contribution in [1.82, 2.24) is 15.3 Å². The van der Waals surface area contributed by atoms with Crippen LogP contribution in [0.3, 0.4) is 0 Å². The highest BCUT2D eigenvalue weighted by Gasteiger charge is 2.16. The molecule has 0 amide bonds. The molecular formula is C19H27N7O2. The van der Waals surface area contributed by atoms with Crippen LogP contribution >= 0.6 is 0 Å². The normalized spacial score (nSPS) is 14.4. The molecule has 9 heteroatoms. The lowest BCUT2D eigenvalue weighted by Gasteiger charge is -2.27. The third-order valence-corrected chi connectivity index (χ3v) is 4.20. The summed E-state index contributed by atoms with van der Waals surface area (Å²) < 4.78 is 11.2. The van der Waals surface area contributed by atoms with E-state index in [1.807, 2.05) is 32.2 Å². The predicted molar refractivity (Wildman–Crippen MR) is 111 cm³/mol. The van der Waals surface area contributed by atoms with Gasteiger partial charge in [0, 0.05) is 25.7 Å². The predicted octanol–water partition coefficient (Wildman–Crippen LogP) is 1.25. The summed E-state index contributed by atoms with van der Waals surface area (Å²) in [5, 5.41) is 7.33. The average molecular weight is 385 g/mol. The lowest BCUT2D eigenvalue weighted by Crippen LogP contribution is -2.37. The second-order valence-corrected chi connectivity index (χ2v) is 6.44. The molecule has 0 bridgehead atoms. The third kappa shape index (κ3) is 5.54. The number of aryl methyl sites for hydroxylation is 1. The maximum Gasteiger partial charge on any atom is 0.229 e. The number of ether oxygens (including phenoxy) is 2. The lowest BCUT2D eigenvalue weighted by molar-refractivity contribution is 0.122. The van der Waals surface area contributed by atoms with Crippen molar-refractivity contribution in [3.05, 3.63) is 35.5 Å². The zero-order valence-corrected chi connectivity index (χ0v) is 16.3. The van der Waals surface area contributed by atoms with Gasteiger partial charge in [-0.15, -0.1) is 0 Å². The fraction of sp³-hybridized carbons (Fsp3) is 0.421. The van der Waals surface area contributed by atoms with Gasteiger partial charge in [0.1, 0.15) is 6.61 Å². The highest BCUT2D eigenvalue weighted by molar-refractivity contribution is 5.79. The Labute approximate surface area is 164 Å². The molecule has 2 heterocycles. The molecule has 1 fully saturated rings. The molecule has 0 spiro atoms. The van der Waals surface area contributed by atoms with Crippen molar-refractivity contribution >= 4 is 23.5 Å². The number of nitrogens with one attached hydrogen (secondary N) is 2. The number of benzene rings is 1. The van der Waals surface area contributed by atoms with Crippen molar-refractivity contribution in [3.8, 4) is 5.88 Å². The monoisotopic (exact) mass is 385 g/mol. The number of likely N-dealkylation sites (N-methyl/N-ethyl adjacent to an activating group) is 1. The highest BCUT2D eigenvalue weighted by atomic mass is 16.5. The Kier molecular flexibility index (Phi) is 6.99. The largest absolute Gasteiger partial charge is 0.476 e. The smallest absolute Gasteiger partial charge is 0.229 e. The van der Waals surface area contributed by atoms with Gasteiger partial charge < -0.3 is 25.4 Å². The van der Waals surface area contributed by atoms with Crippen LogP contribution in [-0.4, -0.2) is 62.7 Å². The fourth-order valence-corrected chi connectivity index (χ4v) is 2.67. The fourth-order valence-electron chi connectivity index (χ4n) is 2.67. The Balaban J connectivity index is 1.77. The van der Waals surface area contributed by atoms with E-state index in [1.54, 1.807) is 12.3 Å². The minimum Gasteiger partial charge on any atom is -0.476 e. The van der Waals surface area contributed by atoms with Gasteiger partial charge in [0.2, 0.25) is 11.8 Å². The molecule has 0 radical (unpaired) electrons. The van der Waals surface area contributed by atoms with Crippen LogP contribution in [0.15, 0.2) is 29.4 Å². The molecule has 150 valence electrons. The molecule has 2 aromatic rings. The number of aromatic nitrogens is 2. The van der Waals surface area contributed by atoms with Crippen molar-refractivity contribution in [2.45, 2.75) is 6.92 Å². The van der Waals surface area contributed by atoms with Crippen LogP contribution in [-0.2, 0) is 4.74 Å². The van der Waals surface area contributed by atoms with E-state index in [-0.39, 0.29) is 0 Å². The summed E-state index contributed by atoms with van der Waals surface area (Å²) in [7, 11) is 1.88. The molecule has 0 aliphatic carbocycles. The standard InChI is InChI=1S/C19H27N7O2/c1-14-3-4-16(20)17(11-14)25-22-13-15-12-18(28-8-5-21-2)24-19(23-15)26-6-9-27-10-7-26/h3-4,11-13,21,25H,5-10,20H2,1-2H3. The molecule has 1 saturated heterocycles. The lowest BCUT2D eigenvalue weighted by atomic mass is 10.2. The van der Waals surface area contributed by atoms with Gasteiger partial charge in [0.05, 0.1) is 36.5 Å². The Morgan fingerprint density at radius 3 is 2.89 bits per heavy atom. The molecule has 0 atom stereocenters. The number of hydrazone groups is 1. The van der Waals surface area contributed by atoms with E-state index in [2.05, 4.69) is 30.7 Å². The minimum absolute atomic E-state index is 0.517. The second-order valence-electron chi connectivity index (χ2n) is 6.44. The number of hydrogen-bond donors (Lipinski definition) is 3. The minimum atomic E-state index is 0.517. The Morgan fingerprint density at radius 2 is 2.11 bits per heavy atom. The van der Waals surface area contributed by atoms with E-state index >= 15 is 0 Å². The highest BCUT2D eigenvalue weighted by Crippen LogP contribution is 2.20. The van der Waals surface area contributed by atoms with Gasteiger partial charge >= 0.3 is 0 Å². The molecule has 9 nitrogen and oxygen atoms in total. The third-order valence-electron chi connectivity index (χ3n) is 4.20. The molecule has 1 aromatic heterocycles. The summed E-state index contributed by atoms with van der Waals surface area (Å²) in [5.74, 6) is 1.13. The van der Waals surface area contributed by atoms with Crippen LogP contribution in [0, 0.1) is 6.92 Å². The van der Waals surface area contributed by atoms with Gasteiger partial charge in [0.25, 0.3) is 0 Å². The first-order valence-electron chi connectivity index (χ1n) is 9.30. The Hall–Kier alpha value is -2.91. The molecule has 0 saturated carbocycles. The molecule has 4 N–H and O–H groups in total. The number of nitrogens with zero attached hydrogens (tertiary/aromatic N) is 4. The SMILES string of the molecule is CNCCOc1cc(C=NNc2cc(C)ccc2N)nc(N2CCOCC2)n1. The second kappa shape index (κ2) is 9.86. The van der Waals surface area contributed by atoms with E-state index in [0.717, 1.165) is 30.9 Å². The quantitative estimate of drug-likeness (QED) is 0.270. The van der Waals surface area contributed by atoms with E-state index in [1.165, 1.54) is 0 Å². The van der Waals surface area contributed by atoms with Gasteiger partial charge in [-0.25, -0.2) is 4.98 Å². The van der Waals surface area contributed by atoms with Crippen LogP contribution < -0.4 is 26.1 Å². The van der Waals surface area contributed by atoms with Crippen LogP contribution in [0.25, 0.3) is 0 Å². The first-order valence-corrected chi connectivity index (χ1v) is 9.30. The van der Waals surface area contributed by atoms with Crippen LogP contribution in [0.5, 0.6) is 5.88 Å². The maximum absolute atomic E-state index is 5.98. The molecule has 3 rings (SSSR count). The molecule has 28 heavy (non-hydrogen) atoms. The number of rotatable bonds is 8. The first kappa shape index (κ1) is 19.8. The van der Waals surface area contributed by atoms with E-state index < -0.39 is 0 Å². The van der Waals surface area contributed by atoms with Crippen molar-refractivity contribution in [1.29, 1.82) is 0 Å². The number of hydrogen-bond acceptors (Lipinski definition) is 9. The zero-order valence-electron chi connectivity index (χ0n) is 16.3. The number of anilines is 3. The van der Waals surface area contributed by atoms with Crippen molar-refractivity contribution in [3.63, 3.8) is 0 Å². The van der Waals surface area contributed by atoms with Crippen LogP contribution in [0.4, 0.5) is 17.3 Å². The molecule has 1 aromatic carbocycles. The summed E-state index contributed by atoms with van der Waals surface area (Å²) in [6.45, 7) is 6.06. The van der Waals surface area contributed by atoms with Gasteiger partial charge in [-0.2, -0.15) is 10.1 Å². The summed E-state index contributed by atoms with van der Waals surface area (Å²) in [5.41, 5.74) is 12.1. The molecule has 1 aliphatic rings. The average Bonchev–Trinajstić information content (AvgIpc) is 2.71. The molecular weight excluding hydrogens is 358 g/mol. The summed E-state index contributed by atoms with van der Waals surface area (Å²) >= 11 is 0. The molecule has 1 aliphatic heterocycles. The number of nitrogens with two attached hydrogens (primary N) is 1.